The van der Waals surface area contributed by atoms with E-state index in [4.69, 9.17) is 4.74 Å². The lowest BCUT2D eigenvalue weighted by Crippen LogP contribution is -2.39. The smallest absolute Gasteiger partial charge is 0.321 e. The van der Waals surface area contributed by atoms with Crippen molar-refractivity contribution in [3.63, 3.8) is 0 Å². The summed E-state index contributed by atoms with van der Waals surface area (Å²) in [6.07, 6.45) is 2.94. The number of hydrogen-bond donors (Lipinski definition) is 1. The first kappa shape index (κ1) is 15.8. The van der Waals surface area contributed by atoms with Crippen LogP contribution in [0.3, 0.4) is 0 Å². The van der Waals surface area contributed by atoms with Gasteiger partial charge in [0.1, 0.15) is 0 Å². The van der Waals surface area contributed by atoms with Gasteiger partial charge in [-0.3, -0.25) is 0 Å². The Bertz CT molecular complexity index is 456. The third kappa shape index (κ3) is 4.46. The number of urea groups is 1. The number of hydrogen-bond acceptors (Lipinski definition) is 2. The molecule has 21 heavy (non-hydrogen) atoms. The molecule has 0 aromatic heterocycles. The number of carbonyl (C=O) groups excluding carboxylic acids is 1. The Hall–Kier alpha value is -1.55. The molecule has 2 rings (SSSR count). The summed E-state index contributed by atoms with van der Waals surface area (Å²) in [4.78, 5) is 14.5. The molecular weight excluding hydrogens is 264 g/mol. The van der Waals surface area contributed by atoms with Crippen LogP contribution in [0.1, 0.15) is 32.3 Å². The number of para-hydroxylation sites is 1. The third-order valence-corrected chi connectivity index (χ3v) is 3.92. The van der Waals surface area contributed by atoms with Gasteiger partial charge >= 0.3 is 6.03 Å². The van der Waals surface area contributed by atoms with Gasteiger partial charge < -0.3 is 15.0 Å². The molecule has 1 aromatic carbocycles. The second-order valence-corrected chi connectivity index (χ2v) is 5.62. The zero-order valence-electron chi connectivity index (χ0n) is 13.1. The van der Waals surface area contributed by atoms with Gasteiger partial charge in [0.25, 0.3) is 0 Å². The first-order valence-corrected chi connectivity index (χ1v) is 7.96. The fourth-order valence-corrected chi connectivity index (χ4v) is 2.73. The monoisotopic (exact) mass is 290 g/mol. The largest absolute Gasteiger partial charge is 0.381 e. The molecule has 1 saturated heterocycles. The Morgan fingerprint density at radius 1 is 1.38 bits per heavy atom. The summed E-state index contributed by atoms with van der Waals surface area (Å²) in [6.45, 7) is 7.38. The lowest BCUT2D eigenvalue weighted by Gasteiger charge is -2.25. The van der Waals surface area contributed by atoms with E-state index in [1.165, 1.54) is 5.56 Å². The van der Waals surface area contributed by atoms with Gasteiger partial charge in [-0.15, -0.1) is 0 Å². The predicted molar refractivity (Wildman–Crippen MR) is 85.6 cm³/mol. The molecule has 4 heteroatoms. The second-order valence-electron chi connectivity index (χ2n) is 5.62. The third-order valence-electron chi connectivity index (χ3n) is 3.92. The normalized spacial score (nSPS) is 17.7. The molecule has 1 N–H and O–H groups in total. The van der Waals surface area contributed by atoms with Crippen LogP contribution in [-0.4, -0.2) is 37.2 Å². The van der Waals surface area contributed by atoms with Crippen LogP contribution in [0.15, 0.2) is 24.3 Å². The molecule has 0 aliphatic carbocycles. The van der Waals surface area contributed by atoms with E-state index in [0.717, 1.165) is 51.3 Å². The van der Waals surface area contributed by atoms with Gasteiger partial charge in [0.2, 0.25) is 0 Å². The topological polar surface area (TPSA) is 41.6 Å². The first-order chi connectivity index (χ1) is 10.2. The van der Waals surface area contributed by atoms with Gasteiger partial charge in [-0.1, -0.05) is 32.0 Å². The Labute approximate surface area is 127 Å². The van der Waals surface area contributed by atoms with E-state index >= 15 is 0 Å². The minimum atomic E-state index is 0.00431. The number of nitrogens with one attached hydrogen (secondary N) is 1. The molecule has 0 radical (unpaired) electrons. The molecule has 0 bridgehead atoms. The predicted octanol–water partition coefficient (Wildman–Crippen LogP) is 3.53. The first-order valence-electron chi connectivity index (χ1n) is 7.96. The van der Waals surface area contributed by atoms with Crippen molar-refractivity contribution in [2.45, 2.75) is 33.1 Å². The minimum absolute atomic E-state index is 0.00431. The van der Waals surface area contributed by atoms with E-state index < -0.39 is 0 Å². The van der Waals surface area contributed by atoms with Gasteiger partial charge in [0.15, 0.2) is 0 Å². The molecule has 4 nitrogen and oxygen atoms in total. The molecule has 0 saturated carbocycles. The van der Waals surface area contributed by atoms with E-state index in [1.807, 2.05) is 23.1 Å². The van der Waals surface area contributed by atoms with Crippen LogP contribution in [0.2, 0.25) is 0 Å². The van der Waals surface area contributed by atoms with Gasteiger partial charge in [0, 0.05) is 31.3 Å². The van der Waals surface area contributed by atoms with Crippen LogP contribution in [-0.2, 0) is 11.2 Å². The molecule has 1 aliphatic heterocycles. The van der Waals surface area contributed by atoms with Crippen molar-refractivity contribution in [2.24, 2.45) is 5.92 Å². The van der Waals surface area contributed by atoms with Gasteiger partial charge in [-0.05, 0) is 30.9 Å². The summed E-state index contributed by atoms with van der Waals surface area (Å²) < 4.78 is 5.41. The Balaban J connectivity index is 2.00. The highest BCUT2D eigenvalue weighted by Crippen LogP contribution is 2.18. The summed E-state index contributed by atoms with van der Waals surface area (Å²) in [6, 6.07) is 8.01. The number of aryl methyl sites for hydroxylation is 1. The van der Waals surface area contributed by atoms with E-state index in [-0.39, 0.29) is 6.03 Å². The van der Waals surface area contributed by atoms with Crippen LogP contribution >= 0.6 is 0 Å². The number of benzene rings is 1. The molecular formula is C17H26N2O2. The maximum atomic E-state index is 12.5. The number of carbonyl (C=O) groups is 1. The average molecular weight is 290 g/mol. The fraction of sp³-hybridized carbons (Fsp3) is 0.588. The highest BCUT2D eigenvalue weighted by atomic mass is 16.5. The standard InChI is InChI=1S/C17H26N2O2/c1-3-10-19(12-14-9-11-21-13-14)17(20)18-16-8-6-5-7-15(16)4-2/h5-8,14H,3-4,9-13H2,1-2H3,(H,18,20). The lowest BCUT2D eigenvalue weighted by molar-refractivity contribution is 0.169. The SMILES string of the molecule is CCCN(CC1CCOC1)C(=O)Nc1ccccc1CC. The van der Waals surface area contributed by atoms with E-state index in [2.05, 4.69) is 25.2 Å². The van der Waals surface area contributed by atoms with E-state index in [0.29, 0.717) is 5.92 Å². The van der Waals surface area contributed by atoms with Crippen LogP contribution in [0.25, 0.3) is 0 Å². The quantitative estimate of drug-likeness (QED) is 0.871. The van der Waals surface area contributed by atoms with Crippen molar-refractivity contribution in [3.8, 4) is 0 Å². The van der Waals surface area contributed by atoms with Crippen molar-refractivity contribution in [1.29, 1.82) is 0 Å². The number of rotatable bonds is 6. The molecule has 1 aromatic rings. The van der Waals surface area contributed by atoms with Gasteiger partial charge in [-0.25, -0.2) is 4.79 Å². The van der Waals surface area contributed by atoms with Crippen molar-refractivity contribution < 1.29 is 9.53 Å². The maximum Gasteiger partial charge on any atom is 0.321 e. The minimum Gasteiger partial charge on any atom is -0.381 e. The Kier molecular flexibility index (Phi) is 6.05. The summed E-state index contributed by atoms with van der Waals surface area (Å²) in [5.74, 6) is 0.476. The fourth-order valence-electron chi connectivity index (χ4n) is 2.73. The van der Waals surface area contributed by atoms with Gasteiger partial charge in [0.05, 0.1) is 6.61 Å². The summed E-state index contributed by atoms with van der Waals surface area (Å²) in [5.41, 5.74) is 2.10. The van der Waals surface area contributed by atoms with Crippen LogP contribution in [0.4, 0.5) is 10.5 Å². The number of nitrogens with zero attached hydrogens (tertiary/aromatic N) is 1. The molecule has 1 fully saturated rings. The maximum absolute atomic E-state index is 12.5. The van der Waals surface area contributed by atoms with E-state index in [1.54, 1.807) is 0 Å². The number of ether oxygens (including phenoxy) is 1. The van der Waals surface area contributed by atoms with E-state index in [9.17, 15) is 4.79 Å². The second kappa shape index (κ2) is 8.03. The Morgan fingerprint density at radius 3 is 2.86 bits per heavy atom. The van der Waals surface area contributed by atoms with Crippen molar-refractivity contribution in [3.05, 3.63) is 29.8 Å². The summed E-state index contributed by atoms with van der Waals surface area (Å²) in [7, 11) is 0. The zero-order valence-corrected chi connectivity index (χ0v) is 13.1. The summed E-state index contributed by atoms with van der Waals surface area (Å²) >= 11 is 0. The molecule has 1 heterocycles. The lowest BCUT2D eigenvalue weighted by atomic mass is 10.1. The number of amides is 2. The highest BCUT2D eigenvalue weighted by molar-refractivity contribution is 5.90. The van der Waals surface area contributed by atoms with Crippen LogP contribution in [0, 0.1) is 5.92 Å². The van der Waals surface area contributed by atoms with Crippen LogP contribution in [0.5, 0.6) is 0 Å². The summed E-state index contributed by atoms with van der Waals surface area (Å²) in [5, 5.41) is 3.07. The Morgan fingerprint density at radius 2 is 2.19 bits per heavy atom. The highest BCUT2D eigenvalue weighted by Gasteiger charge is 2.22. The van der Waals surface area contributed by atoms with Crippen molar-refractivity contribution >= 4 is 11.7 Å². The zero-order chi connectivity index (χ0) is 15.1. The van der Waals surface area contributed by atoms with Crippen molar-refractivity contribution in [1.82, 2.24) is 4.90 Å². The molecule has 116 valence electrons. The molecule has 1 atom stereocenters. The van der Waals surface area contributed by atoms with Gasteiger partial charge in [-0.2, -0.15) is 0 Å². The molecule has 1 unspecified atom stereocenters. The molecule has 0 spiro atoms. The molecule has 2 amide bonds. The van der Waals surface area contributed by atoms with Crippen molar-refractivity contribution in [2.75, 3.05) is 31.6 Å². The number of anilines is 1. The van der Waals surface area contributed by atoms with Crippen LogP contribution < -0.4 is 5.32 Å². The molecule has 1 aliphatic rings. The average Bonchev–Trinajstić information content (AvgIpc) is 3.00.